The molecule has 1 fully saturated rings. The first-order chi connectivity index (χ1) is 9.93. The number of rotatable bonds is 5. The molecule has 1 aromatic carbocycles. The van der Waals surface area contributed by atoms with E-state index < -0.39 is 0 Å². The maximum atomic E-state index is 10.1. The second-order valence-corrected chi connectivity index (χ2v) is 6.77. The zero-order chi connectivity index (χ0) is 15.5. The van der Waals surface area contributed by atoms with Crippen molar-refractivity contribution >= 4 is 11.6 Å². The highest BCUT2D eigenvalue weighted by molar-refractivity contribution is 6.30. The molecule has 21 heavy (non-hydrogen) atoms. The van der Waals surface area contributed by atoms with Crippen molar-refractivity contribution in [1.82, 2.24) is 10.2 Å². The Hall–Kier alpha value is -0.970. The van der Waals surface area contributed by atoms with Crippen LogP contribution in [0.1, 0.15) is 25.3 Å². The van der Waals surface area contributed by atoms with Crippen LogP contribution in [0, 0.1) is 5.41 Å². The first-order valence-corrected chi connectivity index (χ1v) is 7.76. The van der Waals surface area contributed by atoms with Crippen molar-refractivity contribution in [1.29, 1.82) is 0 Å². The lowest BCUT2D eigenvalue weighted by Crippen LogP contribution is -2.41. The molecule has 0 aliphatic carbocycles. The maximum absolute atomic E-state index is 10.1. The van der Waals surface area contributed by atoms with Crippen LogP contribution in [0.2, 0.25) is 5.02 Å². The van der Waals surface area contributed by atoms with E-state index in [0.717, 1.165) is 25.2 Å². The quantitative estimate of drug-likeness (QED) is 0.877. The van der Waals surface area contributed by atoms with Gasteiger partial charge in [0.05, 0.1) is 7.11 Å². The molecular weight excluding hydrogens is 288 g/mol. The molecule has 0 aromatic heterocycles. The SMILES string of the molecule is COc1cc(Cl)cc(CNCC2(C)CCN(C)CC2)c1O. The van der Waals surface area contributed by atoms with Gasteiger partial charge in [0.1, 0.15) is 0 Å². The summed E-state index contributed by atoms with van der Waals surface area (Å²) in [4.78, 5) is 2.37. The minimum absolute atomic E-state index is 0.169. The highest BCUT2D eigenvalue weighted by Gasteiger charge is 2.28. The molecule has 0 atom stereocenters. The Labute approximate surface area is 132 Å². The van der Waals surface area contributed by atoms with E-state index >= 15 is 0 Å². The van der Waals surface area contributed by atoms with E-state index in [2.05, 4.69) is 24.2 Å². The number of benzene rings is 1. The molecule has 118 valence electrons. The summed E-state index contributed by atoms with van der Waals surface area (Å²) in [6.45, 7) is 6.15. The number of nitrogens with one attached hydrogen (secondary N) is 1. The van der Waals surface area contributed by atoms with Crippen LogP contribution in [0.3, 0.4) is 0 Å². The van der Waals surface area contributed by atoms with Gasteiger partial charge < -0.3 is 20.1 Å². The second-order valence-electron chi connectivity index (χ2n) is 6.33. The Morgan fingerprint density at radius 3 is 2.67 bits per heavy atom. The highest BCUT2D eigenvalue weighted by atomic mass is 35.5. The van der Waals surface area contributed by atoms with E-state index in [4.69, 9.17) is 16.3 Å². The maximum Gasteiger partial charge on any atom is 0.162 e. The lowest BCUT2D eigenvalue weighted by molar-refractivity contribution is 0.136. The van der Waals surface area contributed by atoms with Crippen molar-refractivity contribution in [2.24, 2.45) is 5.41 Å². The Kier molecular flexibility index (Phi) is 5.36. The van der Waals surface area contributed by atoms with Gasteiger partial charge >= 0.3 is 0 Å². The summed E-state index contributed by atoms with van der Waals surface area (Å²) in [6, 6.07) is 3.40. The number of ether oxygens (including phenoxy) is 1. The van der Waals surface area contributed by atoms with E-state index in [-0.39, 0.29) is 5.75 Å². The molecule has 0 radical (unpaired) electrons. The van der Waals surface area contributed by atoms with Crippen LogP contribution in [-0.4, -0.2) is 43.8 Å². The fourth-order valence-electron chi connectivity index (χ4n) is 2.75. The van der Waals surface area contributed by atoms with Crippen molar-refractivity contribution in [3.05, 3.63) is 22.7 Å². The van der Waals surface area contributed by atoms with Crippen LogP contribution in [0.15, 0.2) is 12.1 Å². The summed E-state index contributed by atoms with van der Waals surface area (Å²) in [5, 5.41) is 14.1. The van der Waals surface area contributed by atoms with E-state index in [1.165, 1.54) is 20.0 Å². The standard InChI is InChI=1S/C16H25ClN2O2/c1-16(4-6-19(2)7-5-16)11-18-10-12-8-13(17)9-14(21-3)15(12)20/h8-9,18,20H,4-7,10-11H2,1-3H3. The monoisotopic (exact) mass is 312 g/mol. The third-order valence-corrected chi connectivity index (χ3v) is 4.62. The van der Waals surface area contributed by atoms with Gasteiger partial charge in [0.15, 0.2) is 11.5 Å². The molecular formula is C16H25ClN2O2. The second kappa shape index (κ2) is 6.86. The first-order valence-electron chi connectivity index (χ1n) is 7.38. The summed E-state index contributed by atoms with van der Waals surface area (Å²) in [5.41, 5.74) is 1.10. The molecule has 1 heterocycles. The molecule has 4 nitrogen and oxygen atoms in total. The molecule has 1 aliphatic heterocycles. The number of likely N-dealkylation sites (tertiary alicyclic amines) is 1. The van der Waals surface area contributed by atoms with Gasteiger partial charge in [0, 0.05) is 29.7 Å². The van der Waals surface area contributed by atoms with Crippen molar-refractivity contribution in [2.75, 3.05) is 33.8 Å². The van der Waals surface area contributed by atoms with Gasteiger partial charge in [-0.1, -0.05) is 18.5 Å². The Balaban J connectivity index is 1.93. The molecule has 0 unspecified atom stereocenters. The van der Waals surface area contributed by atoms with E-state index in [1.54, 1.807) is 12.1 Å². The Bertz CT molecular complexity index is 485. The summed E-state index contributed by atoms with van der Waals surface area (Å²) >= 11 is 6.05. The molecule has 1 saturated heterocycles. The number of piperidine rings is 1. The number of aromatic hydroxyl groups is 1. The zero-order valence-electron chi connectivity index (χ0n) is 13.1. The Morgan fingerprint density at radius 2 is 2.05 bits per heavy atom. The normalized spacial score (nSPS) is 18.7. The van der Waals surface area contributed by atoms with Gasteiger partial charge in [0.25, 0.3) is 0 Å². The molecule has 0 bridgehead atoms. The smallest absolute Gasteiger partial charge is 0.162 e. The summed E-state index contributed by atoms with van der Waals surface area (Å²) in [5.74, 6) is 0.590. The lowest BCUT2D eigenvalue weighted by atomic mass is 9.80. The Morgan fingerprint density at radius 1 is 1.38 bits per heavy atom. The van der Waals surface area contributed by atoms with Crippen LogP contribution < -0.4 is 10.1 Å². The number of phenols is 1. The average molecular weight is 313 g/mol. The molecule has 2 N–H and O–H groups in total. The van der Waals surface area contributed by atoms with E-state index in [1.807, 2.05) is 0 Å². The van der Waals surface area contributed by atoms with Gasteiger partial charge in [-0.15, -0.1) is 0 Å². The molecule has 5 heteroatoms. The number of phenolic OH excluding ortho intramolecular Hbond substituents is 1. The average Bonchev–Trinajstić information content (AvgIpc) is 2.46. The van der Waals surface area contributed by atoms with Crippen molar-refractivity contribution in [2.45, 2.75) is 26.3 Å². The van der Waals surface area contributed by atoms with Crippen LogP contribution in [-0.2, 0) is 6.54 Å². The third kappa shape index (κ3) is 4.25. The van der Waals surface area contributed by atoms with Crippen LogP contribution in [0.25, 0.3) is 0 Å². The molecule has 1 aliphatic rings. The predicted molar refractivity (Wildman–Crippen MR) is 86.2 cm³/mol. The van der Waals surface area contributed by atoms with Gasteiger partial charge in [-0.05, 0) is 44.5 Å². The minimum atomic E-state index is 0.169. The number of nitrogens with zero attached hydrogens (tertiary/aromatic N) is 1. The van der Waals surface area contributed by atoms with Gasteiger partial charge in [-0.2, -0.15) is 0 Å². The first kappa shape index (κ1) is 16.4. The summed E-state index contributed by atoms with van der Waals surface area (Å²) in [7, 11) is 3.70. The van der Waals surface area contributed by atoms with E-state index in [9.17, 15) is 5.11 Å². The number of hydrogen-bond donors (Lipinski definition) is 2. The largest absolute Gasteiger partial charge is 0.504 e. The number of hydrogen-bond acceptors (Lipinski definition) is 4. The van der Waals surface area contributed by atoms with Gasteiger partial charge in [0.2, 0.25) is 0 Å². The van der Waals surface area contributed by atoms with Crippen molar-refractivity contribution in [3.63, 3.8) is 0 Å². The molecule has 2 rings (SSSR count). The van der Waals surface area contributed by atoms with Gasteiger partial charge in [-0.3, -0.25) is 0 Å². The van der Waals surface area contributed by atoms with Crippen LogP contribution in [0.4, 0.5) is 0 Å². The van der Waals surface area contributed by atoms with Crippen LogP contribution >= 0.6 is 11.6 Å². The third-order valence-electron chi connectivity index (χ3n) is 4.40. The van der Waals surface area contributed by atoms with Crippen LogP contribution in [0.5, 0.6) is 11.5 Å². The number of methoxy groups -OCH3 is 1. The summed E-state index contributed by atoms with van der Waals surface area (Å²) in [6.07, 6.45) is 2.39. The molecule has 0 saturated carbocycles. The zero-order valence-corrected chi connectivity index (χ0v) is 13.8. The van der Waals surface area contributed by atoms with Crippen molar-refractivity contribution < 1.29 is 9.84 Å². The number of halogens is 1. The fourth-order valence-corrected chi connectivity index (χ4v) is 2.98. The predicted octanol–water partition coefficient (Wildman–Crippen LogP) is 2.88. The molecule has 0 spiro atoms. The fraction of sp³-hybridized carbons (Fsp3) is 0.625. The van der Waals surface area contributed by atoms with Crippen molar-refractivity contribution in [3.8, 4) is 11.5 Å². The topological polar surface area (TPSA) is 44.7 Å². The van der Waals surface area contributed by atoms with Gasteiger partial charge in [-0.25, -0.2) is 0 Å². The van der Waals surface area contributed by atoms with E-state index in [0.29, 0.717) is 22.7 Å². The highest BCUT2D eigenvalue weighted by Crippen LogP contribution is 2.34. The molecule has 1 aromatic rings. The minimum Gasteiger partial charge on any atom is -0.504 e. The summed E-state index contributed by atoms with van der Waals surface area (Å²) < 4.78 is 5.13. The lowest BCUT2D eigenvalue weighted by Gasteiger charge is -2.38. The molecule has 0 amide bonds.